The Labute approximate surface area is 403 Å². The molecule has 3 heterocycles. The van der Waals surface area contributed by atoms with Crippen molar-refractivity contribution >= 4 is 23.8 Å². The van der Waals surface area contributed by atoms with Crippen molar-refractivity contribution < 1.29 is 72.4 Å². The minimum absolute atomic E-state index is 0.0276. The molecule has 3 saturated heterocycles. The molecule has 0 unspecified atom stereocenters. The van der Waals surface area contributed by atoms with E-state index in [1.54, 1.807) is 48.5 Å². The monoisotopic (exact) mass is 966 g/mol. The first-order valence-corrected chi connectivity index (χ1v) is 24.3. The molecule has 0 radical (unpaired) electrons. The lowest BCUT2D eigenvalue weighted by molar-refractivity contribution is -0.319. The van der Waals surface area contributed by atoms with E-state index in [2.05, 4.69) is 10.6 Å². The zero-order chi connectivity index (χ0) is 50.9. The Balaban J connectivity index is 1.64. The molecular weight excluding hydrogens is 883 g/mol. The Morgan fingerprint density at radius 2 is 1.50 bits per heavy atom. The van der Waals surface area contributed by atoms with Gasteiger partial charge in [0, 0.05) is 63.9 Å². The SMILES string of the molecule is CC[C@H]1OC(=O)[C@H](C)[C@@H](O[C@H]2C[C@@](C)(OC)[C@@H](OC(=O)NCCCC(=O)NCc3ccccc3)[C@H](C)O2)[C@H](C)[C@@H](O[C@@H]2O[C@H](C)C[C@H](N(C)C)[C@H]2O)[C@](C)(OC)C[C@@H](C)C(=O)[C@H](C)[C@@H](O)[C@]1(C)O. The van der Waals surface area contributed by atoms with Crippen LogP contribution in [-0.2, 0) is 58.8 Å². The summed E-state index contributed by atoms with van der Waals surface area (Å²) in [7, 11) is 6.71. The predicted molar refractivity (Wildman–Crippen MR) is 251 cm³/mol. The first-order valence-electron chi connectivity index (χ1n) is 24.3. The van der Waals surface area contributed by atoms with Gasteiger partial charge in [0.1, 0.15) is 29.2 Å². The Morgan fingerprint density at radius 1 is 0.868 bits per heavy atom. The lowest BCUT2D eigenvalue weighted by atomic mass is 9.74. The van der Waals surface area contributed by atoms with E-state index in [-0.39, 0.29) is 56.1 Å². The van der Waals surface area contributed by atoms with Crippen LogP contribution >= 0.6 is 0 Å². The Bertz CT molecular complexity index is 1790. The highest BCUT2D eigenvalue weighted by Gasteiger charge is 2.55. The number of nitrogens with zero attached hydrogens (tertiary/aromatic N) is 1. The number of likely N-dealkylation sites (N-methyl/N-ethyl adjacent to an activating group) is 1. The smallest absolute Gasteiger partial charge is 0.407 e. The van der Waals surface area contributed by atoms with Gasteiger partial charge in [0.15, 0.2) is 18.7 Å². The second-order valence-corrected chi connectivity index (χ2v) is 20.3. The zero-order valence-corrected chi connectivity index (χ0v) is 42.9. The van der Waals surface area contributed by atoms with E-state index in [4.69, 9.17) is 37.9 Å². The molecule has 3 aliphatic rings. The number of ketones is 1. The normalized spacial score (nSPS) is 39.9. The van der Waals surface area contributed by atoms with E-state index >= 15 is 0 Å². The van der Waals surface area contributed by atoms with E-state index in [1.807, 2.05) is 63.2 Å². The molecule has 0 aliphatic carbocycles. The third kappa shape index (κ3) is 14.0. The fraction of sp³-hybridized carbons (Fsp3) is 0.800. The van der Waals surface area contributed by atoms with Crippen LogP contribution in [-0.4, -0.2) is 163 Å². The number of rotatable bonds is 15. The molecule has 18 heteroatoms. The molecule has 0 saturated carbocycles. The number of methoxy groups -OCH3 is 2. The number of carbonyl (C=O) groups excluding carboxylic acids is 4. The summed E-state index contributed by atoms with van der Waals surface area (Å²) in [5, 5.41) is 40.7. The highest BCUT2D eigenvalue weighted by Crippen LogP contribution is 2.42. The number of carbonyl (C=O) groups is 4. The van der Waals surface area contributed by atoms with Crippen molar-refractivity contribution in [1.82, 2.24) is 15.5 Å². The first-order chi connectivity index (χ1) is 31.8. The number of alkyl carbamates (subject to hydrolysis) is 1. The van der Waals surface area contributed by atoms with Crippen molar-refractivity contribution in [2.45, 2.75) is 199 Å². The minimum atomic E-state index is -2.02. The number of nitrogens with one attached hydrogen (secondary N) is 2. The highest BCUT2D eigenvalue weighted by molar-refractivity contribution is 5.83. The lowest BCUT2D eigenvalue weighted by Crippen LogP contribution is -2.62. The molecule has 0 aromatic heterocycles. The Morgan fingerprint density at radius 3 is 2.10 bits per heavy atom. The number of aliphatic hydroxyl groups excluding tert-OH is 2. The fourth-order valence-corrected chi connectivity index (χ4v) is 10.3. The molecule has 4 rings (SSSR count). The van der Waals surface area contributed by atoms with E-state index in [0.29, 0.717) is 19.4 Å². The summed E-state index contributed by atoms with van der Waals surface area (Å²) in [6.45, 7) is 17.5. The average molecular weight is 966 g/mol. The third-order valence-corrected chi connectivity index (χ3v) is 14.6. The standard InChI is InChI=1S/C50H83N3O15/c1-15-36-50(10,60)42(57)30(4)39(55)28(2)25-48(8,61-13)43(67-46-40(56)35(53(11)12)24-29(3)63-46)31(5)41(32(6)45(58)65-36)66-38-26-49(9,62-14)44(33(7)64-38)68-47(59)51-23-19-22-37(54)52-27-34-20-17-16-18-21-34/h16-18,20-21,28-33,35-36,38,40-44,46,56-57,60H,15,19,22-27H2,1-14H3,(H,51,59)(H,52,54)/t28-,29-,30+,31+,32-,33+,35+,36-,38+,40-,41+,42-,43-,44+,46+,48-,49-,50-/m1/s1. The van der Waals surface area contributed by atoms with Gasteiger partial charge in [-0.3, -0.25) is 14.4 Å². The van der Waals surface area contributed by atoms with Gasteiger partial charge in [-0.25, -0.2) is 4.79 Å². The number of benzene rings is 1. The highest BCUT2D eigenvalue weighted by atomic mass is 16.7. The van der Waals surface area contributed by atoms with Crippen LogP contribution in [0.3, 0.4) is 0 Å². The van der Waals surface area contributed by atoms with Gasteiger partial charge in [-0.1, -0.05) is 58.0 Å². The number of hydrogen-bond donors (Lipinski definition) is 5. The molecular formula is C50H83N3O15. The van der Waals surface area contributed by atoms with E-state index < -0.39 is 108 Å². The van der Waals surface area contributed by atoms with Gasteiger partial charge >= 0.3 is 12.1 Å². The fourth-order valence-electron chi connectivity index (χ4n) is 10.3. The predicted octanol–water partition coefficient (Wildman–Crippen LogP) is 4.27. The van der Waals surface area contributed by atoms with E-state index in [1.165, 1.54) is 21.1 Å². The van der Waals surface area contributed by atoms with Gasteiger partial charge in [-0.15, -0.1) is 0 Å². The minimum Gasteiger partial charge on any atom is -0.459 e. The summed E-state index contributed by atoms with van der Waals surface area (Å²) in [6.07, 6.45) is -9.71. The number of aliphatic hydroxyl groups is 3. The van der Waals surface area contributed by atoms with Crippen molar-refractivity contribution in [3.63, 3.8) is 0 Å². The van der Waals surface area contributed by atoms with Crippen LogP contribution in [0, 0.1) is 23.7 Å². The van der Waals surface area contributed by atoms with Crippen LogP contribution in [0.1, 0.15) is 113 Å². The van der Waals surface area contributed by atoms with Gasteiger partial charge in [-0.2, -0.15) is 0 Å². The average Bonchev–Trinajstić information content (AvgIpc) is 3.30. The van der Waals surface area contributed by atoms with Gasteiger partial charge in [-0.05, 0) is 86.9 Å². The summed E-state index contributed by atoms with van der Waals surface area (Å²) >= 11 is 0. The van der Waals surface area contributed by atoms with Gasteiger partial charge in [0.2, 0.25) is 5.91 Å². The number of Topliss-reactive ketones (excluding diaryl/α,β-unsaturated/α-hetero) is 1. The van der Waals surface area contributed by atoms with Crippen LogP contribution < -0.4 is 10.6 Å². The van der Waals surface area contributed by atoms with Crippen molar-refractivity contribution in [1.29, 1.82) is 0 Å². The van der Waals surface area contributed by atoms with Crippen LogP contribution in [0.5, 0.6) is 0 Å². The lowest BCUT2D eigenvalue weighted by Gasteiger charge is -2.50. The molecule has 3 fully saturated rings. The van der Waals surface area contributed by atoms with Gasteiger partial charge in [0.25, 0.3) is 0 Å². The second-order valence-electron chi connectivity index (χ2n) is 20.3. The number of esters is 1. The molecule has 2 amide bonds. The molecule has 0 spiro atoms. The van der Waals surface area contributed by atoms with E-state index in [0.717, 1.165) is 5.56 Å². The summed E-state index contributed by atoms with van der Waals surface area (Å²) < 4.78 is 50.9. The van der Waals surface area contributed by atoms with Crippen molar-refractivity contribution in [2.75, 3.05) is 34.9 Å². The first kappa shape index (κ1) is 57.3. The molecule has 1 aromatic rings. The van der Waals surface area contributed by atoms with Gasteiger partial charge in [0.05, 0.1) is 42.0 Å². The third-order valence-electron chi connectivity index (χ3n) is 14.6. The van der Waals surface area contributed by atoms with Crippen molar-refractivity contribution in [3.05, 3.63) is 35.9 Å². The largest absolute Gasteiger partial charge is 0.459 e. The van der Waals surface area contributed by atoms with Crippen molar-refractivity contribution in [3.8, 4) is 0 Å². The van der Waals surface area contributed by atoms with Crippen LogP contribution in [0.15, 0.2) is 30.3 Å². The quantitative estimate of drug-likeness (QED) is 0.122. The molecule has 18 nitrogen and oxygen atoms in total. The van der Waals surface area contributed by atoms with Gasteiger partial charge < -0.3 is 68.7 Å². The molecule has 18 atom stereocenters. The molecule has 388 valence electrons. The maximum absolute atomic E-state index is 14.5. The summed E-state index contributed by atoms with van der Waals surface area (Å²) in [4.78, 5) is 56.2. The maximum atomic E-state index is 14.5. The molecule has 68 heavy (non-hydrogen) atoms. The van der Waals surface area contributed by atoms with Crippen molar-refractivity contribution in [2.24, 2.45) is 23.7 Å². The molecule has 1 aromatic carbocycles. The molecule has 5 N–H and O–H groups in total. The number of hydrogen-bond acceptors (Lipinski definition) is 16. The zero-order valence-electron chi connectivity index (χ0n) is 42.9. The Kier molecular flexibility index (Phi) is 20.8. The van der Waals surface area contributed by atoms with Crippen LogP contribution in [0.4, 0.5) is 4.79 Å². The number of ether oxygens (including phenoxy) is 8. The second kappa shape index (κ2) is 24.7. The van der Waals surface area contributed by atoms with E-state index in [9.17, 15) is 34.5 Å². The topological polar surface area (TPSA) is 230 Å². The molecule has 0 bridgehead atoms. The van der Waals surface area contributed by atoms with Crippen LogP contribution in [0.25, 0.3) is 0 Å². The maximum Gasteiger partial charge on any atom is 0.407 e. The molecule has 3 aliphatic heterocycles. The summed E-state index contributed by atoms with van der Waals surface area (Å²) in [6, 6.07) is 9.23. The van der Waals surface area contributed by atoms with Crippen LogP contribution in [0.2, 0.25) is 0 Å². The Hall–Kier alpha value is -3.30. The number of cyclic esters (lactones) is 1. The summed E-state index contributed by atoms with van der Waals surface area (Å²) in [5.41, 5.74) is -3.53. The summed E-state index contributed by atoms with van der Waals surface area (Å²) in [5.74, 6) is -4.94. The number of amides is 2.